The molecule has 14 nitrogen and oxygen atoms in total. The number of carbonyl (C=O) groups excluding carboxylic acids is 6. The number of benzene rings is 5. The van der Waals surface area contributed by atoms with Crippen molar-refractivity contribution >= 4 is 116 Å². The fraction of sp³-hybridized carbons (Fsp3) is 0.182. The molecule has 2 atom stereocenters. The molecule has 5 aromatic rings. The van der Waals surface area contributed by atoms with E-state index in [0.29, 0.717) is 23.3 Å². The van der Waals surface area contributed by atoms with Gasteiger partial charge < -0.3 is 21.3 Å². The van der Waals surface area contributed by atoms with Gasteiger partial charge in [0.05, 0.1) is 43.7 Å². The zero-order chi connectivity index (χ0) is 50.4. The molecule has 0 spiro atoms. The molecular weight excluding hydrogens is 992 g/mol. The van der Waals surface area contributed by atoms with Crippen molar-refractivity contribution in [1.29, 1.82) is 0 Å². The van der Waals surface area contributed by atoms with Crippen molar-refractivity contribution in [1.82, 2.24) is 0 Å². The zero-order valence-electron chi connectivity index (χ0n) is 35.3. The van der Waals surface area contributed by atoms with Gasteiger partial charge in [-0.2, -0.15) is 46.8 Å². The molecular formula is C44H32Cl4F6N8O6. The molecule has 0 saturated heterocycles. The molecule has 68 heavy (non-hydrogen) atoms. The molecule has 4 amide bonds. The van der Waals surface area contributed by atoms with E-state index >= 15 is 0 Å². The van der Waals surface area contributed by atoms with Gasteiger partial charge in [-0.1, -0.05) is 58.5 Å². The summed E-state index contributed by atoms with van der Waals surface area (Å²) in [7, 11) is 0. The van der Waals surface area contributed by atoms with Gasteiger partial charge >= 0.3 is 12.4 Å². The van der Waals surface area contributed by atoms with Crippen LogP contribution in [0.4, 0.5) is 60.5 Å². The topological polar surface area (TPSA) is 200 Å². The van der Waals surface area contributed by atoms with Crippen molar-refractivity contribution in [3.8, 4) is 0 Å². The number of nitrogens with one attached hydrogen (secondary N) is 4. The summed E-state index contributed by atoms with van der Waals surface area (Å²) in [5.74, 6) is -5.58. The Hall–Kier alpha value is -6.74. The number of halogens is 10. The molecule has 5 rings (SSSR count). The van der Waals surface area contributed by atoms with E-state index < -0.39 is 82.1 Å². The van der Waals surface area contributed by atoms with Gasteiger partial charge in [0.15, 0.2) is 11.6 Å². The van der Waals surface area contributed by atoms with E-state index in [1.165, 1.54) is 48.5 Å². The van der Waals surface area contributed by atoms with Crippen LogP contribution < -0.4 is 21.3 Å². The average Bonchev–Trinajstić information content (AvgIpc) is 3.22. The number of amides is 4. The highest BCUT2D eigenvalue weighted by molar-refractivity contribution is 6.37. The van der Waals surface area contributed by atoms with Crippen LogP contribution in [0.3, 0.4) is 0 Å². The molecule has 0 fully saturated rings. The lowest BCUT2D eigenvalue weighted by Gasteiger charge is -2.17. The third kappa shape index (κ3) is 12.8. The van der Waals surface area contributed by atoms with Crippen LogP contribution in [0.2, 0.25) is 20.1 Å². The molecule has 0 aromatic heterocycles. The minimum atomic E-state index is -4.83. The molecule has 4 N–H and O–H groups in total. The van der Waals surface area contributed by atoms with E-state index in [4.69, 9.17) is 46.4 Å². The van der Waals surface area contributed by atoms with Gasteiger partial charge in [0.25, 0.3) is 23.6 Å². The van der Waals surface area contributed by atoms with Crippen LogP contribution in [-0.4, -0.2) is 47.3 Å². The van der Waals surface area contributed by atoms with E-state index in [-0.39, 0.29) is 54.0 Å². The van der Waals surface area contributed by atoms with Crippen molar-refractivity contribution < 1.29 is 55.1 Å². The number of ketones is 2. The molecule has 0 aliphatic carbocycles. The lowest BCUT2D eigenvalue weighted by Crippen LogP contribution is -2.33. The molecule has 5 aromatic carbocycles. The van der Waals surface area contributed by atoms with E-state index in [1.54, 1.807) is 13.8 Å². The highest BCUT2D eigenvalue weighted by Crippen LogP contribution is 2.39. The van der Waals surface area contributed by atoms with Crippen molar-refractivity contribution in [2.24, 2.45) is 20.5 Å². The summed E-state index contributed by atoms with van der Waals surface area (Å²) >= 11 is 24.5. The maximum atomic E-state index is 13.6. The van der Waals surface area contributed by atoms with Gasteiger partial charge in [0, 0.05) is 21.4 Å². The minimum absolute atomic E-state index is 0.0856. The summed E-state index contributed by atoms with van der Waals surface area (Å²) in [5.41, 5.74) is -3.66. The Morgan fingerprint density at radius 1 is 0.529 bits per heavy atom. The summed E-state index contributed by atoms with van der Waals surface area (Å²) in [6.45, 7) is 5.20. The Balaban J connectivity index is 1.28. The number of nitrogens with zero attached hydrogens (tertiary/aromatic N) is 4. The molecule has 0 saturated carbocycles. The molecule has 0 heterocycles. The average molecular weight is 1020 g/mol. The summed E-state index contributed by atoms with van der Waals surface area (Å²) in [5, 5.41) is 23.9. The van der Waals surface area contributed by atoms with Gasteiger partial charge in [-0.25, -0.2) is 0 Å². The van der Waals surface area contributed by atoms with Crippen LogP contribution in [-0.2, 0) is 31.5 Å². The summed E-state index contributed by atoms with van der Waals surface area (Å²) in [4.78, 5) is 78.1. The second kappa shape index (κ2) is 21.5. The number of azo groups is 2. The molecule has 0 radical (unpaired) electrons. The van der Waals surface area contributed by atoms with E-state index in [1.807, 2.05) is 0 Å². The first kappa shape index (κ1) is 52.2. The van der Waals surface area contributed by atoms with Crippen LogP contribution in [0.15, 0.2) is 105 Å². The molecule has 24 heteroatoms. The van der Waals surface area contributed by atoms with Gasteiger partial charge in [-0.15, -0.1) is 0 Å². The molecule has 0 aliphatic rings. The van der Waals surface area contributed by atoms with Crippen LogP contribution in [0, 0.1) is 13.8 Å². The van der Waals surface area contributed by atoms with Gasteiger partial charge in [0.2, 0.25) is 12.1 Å². The first-order chi connectivity index (χ1) is 31.8. The molecule has 354 valence electrons. The number of anilines is 4. The Labute approximate surface area is 401 Å². The predicted molar refractivity (Wildman–Crippen MR) is 243 cm³/mol. The Morgan fingerprint density at radius 2 is 0.912 bits per heavy atom. The third-order valence-corrected chi connectivity index (χ3v) is 10.7. The summed E-state index contributed by atoms with van der Waals surface area (Å²) in [6.07, 6.45) is -9.67. The largest absolute Gasteiger partial charge is 0.418 e. The number of rotatable bonds is 14. The molecule has 0 aliphatic heterocycles. The Bertz CT molecular complexity index is 2910. The maximum absolute atomic E-state index is 13.6. The number of aryl methyl sites for hydroxylation is 2. The number of hydrogen-bond donors (Lipinski definition) is 4. The van der Waals surface area contributed by atoms with E-state index in [9.17, 15) is 55.1 Å². The van der Waals surface area contributed by atoms with E-state index in [0.717, 1.165) is 38.1 Å². The van der Waals surface area contributed by atoms with Gasteiger partial charge in [-0.3, -0.25) is 28.8 Å². The molecule has 0 bridgehead atoms. The molecule has 2 unspecified atom stereocenters. The van der Waals surface area contributed by atoms with Crippen molar-refractivity contribution in [3.63, 3.8) is 0 Å². The van der Waals surface area contributed by atoms with Crippen molar-refractivity contribution in [3.05, 3.63) is 138 Å². The van der Waals surface area contributed by atoms with Crippen LogP contribution >= 0.6 is 46.4 Å². The predicted octanol–water partition coefficient (Wildman–Crippen LogP) is 12.8. The van der Waals surface area contributed by atoms with Crippen molar-refractivity contribution in [2.45, 2.75) is 52.1 Å². The number of hydrogen-bond acceptors (Lipinski definition) is 10. The van der Waals surface area contributed by atoms with Crippen LogP contribution in [0.1, 0.15) is 56.8 Å². The number of carbonyl (C=O) groups is 6. The highest BCUT2D eigenvalue weighted by Gasteiger charge is 2.36. The minimum Gasteiger partial charge on any atom is -0.324 e. The normalized spacial score (nSPS) is 12.7. The number of alkyl halides is 6. The monoisotopic (exact) mass is 1020 g/mol. The Morgan fingerprint density at radius 3 is 1.28 bits per heavy atom. The summed E-state index contributed by atoms with van der Waals surface area (Å²) < 4.78 is 81.5. The zero-order valence-corrected chi connectivity index (χ0v) is 38.3. The van der Waals surface area contributed by atoms with Gasteiger partial charge in [-0.05, 0) is 112 Å². The fourth-order valence-corrected chi connectivity index (χ4v) is 7.01. The van der Waals surface area contributed by atoms with E-state index in [2.05, 4.69) is 41.7 Å². The Kier molecular flexibility index (Phi) is 16.5. The highest BCUT2D eigenvalue weighted by atomic mass is 35.5. The second-order valence-corrected chi connectivity index (χ2v) is 16.1. The third-order valence-electron chi connectivity index (χ3n) is 9.39. The first-order valence-electron chi connectivity index (χ1n) is 19.3. The number of Topliss-reactive ketones (excluding diaryl/α,β-unsaturated/α-hetero) is 2. The van der Waals surface area contributed by atoms with Crippen LogP contribution in [0.5, 0.6) is 0 Å². The SMILES string of the molecule is CC(=O)C(N=Nc1cccc(C(=O)Nc2cc(Cl)ccc2C(F)(F)F)c1Cl)C(=O)Nc1cc(C)c(NC(=O)C(N=Nc2cccc(C(=O)Nc3cc(Cl)ccc3C(F)(F)F)c2Cl)C(C)=O)c(C)c1. The quantitative estimate of drug-likeness (QED) is 0.0484. The first-order valence-corrected chi connectivity index (χ1v) is 20.8. The standard InChI is InChI=1S/C44H32Cl4F6N8O6/c1-19-15-25(55-41(67)37(21(3)63)61-59-30-9-5-7-26(34(30)47)39(65)56-32-17-23(45)11-13-28(32)43(49,50)51)16-20(2)36(19)58-42(68)38(22(4)64)62-60-31-10-6-8-27(35(31)48)40(66)57-33-18-24(46)12-14-29(33)44(52,53)54/h5-18,37-38H,1-4H3,(H,55,67)(H,56,65)(H,57,66)(H,58,68). The second-order valence-electron chi connectivity index (χ2n) is 14.5. The smallest absolute Gasteiger partial charge is 0.324 e. The van der Waals surface area contributed by atoms with Crippen LogP contribution in [0.25, 0.3) is 0 Å². The van der Waals surface area contributed by atoms with Crippen molar-refractivity contribution in [2.75, 3.05) is 21.3 Å². The summed E-state index contributed by atoms with van der Waals surface area (Å²) in [6, 6.07) is 12.0. The van der Waals surface area contributed by atoms with Gasteiger partial charge in [0.1, 0.15) is 11.4 Å². The lowest BCUT2D eigenvalue weighted by molar-refractivity contribution is -0.137. The lowest BCUT2D eigenvalue weighted by atomic mass is 10.1. The fourth-order valence-electron chi connectivity index (χ4n) is 6.17. The maximum Gasteiger partial charge on any atom is 0.418 e.